The van der Waals surface area contributed by atoms with Gasteiger partial charge in [0.15, 0.2) is 11.4 Å². The Bertz CT molecular complexity index is 1140. The van der Waals surface area contributed by atoms with Gasteiger partial charge in [-0.25, -0.2) is 9.78 Å². The van der Waals surface area contributed by atoms with E-state index in [1.54, 1.807) is 30.5 Å². The van der Waals surface area contributed by atoms with Crippen LogP contribution in [0.5, 0.6) is 5.75 Å². The Morgan fingerprint density at radius 1 is 1.08 bits per heavy atom. The van der Waals surface area contributed by atoms with Crippen LogP contribution >= 0.6 is 0 Å². The van der Waals surface area contributed by atoms with Gasteiger partial charge in [-0.2, -0.15) is 0 Å². The largest absolute Gasteiger partial charge is 0.493 e. The van der Waals surface area contributed by atoms with E-state index < -0.39 is 5.60 Å². The van der Waals surface area contributed by atoms with Crippen LogP contribution in [0.15, 0.2) is 65.2 Å². The number of carbonyl (C=O) groups excluding carboxylic acids is 1. The minimum atomic E-state index is -1.21. The Morgan fingerprint density at radius 2 is 1.78 bits per heavy atom. The molecule has 3 aromatic rings. The van der Waals surface area contributed by atoms with E-state index in [9.17, 15) is 9.90 Å². The molecular formula is C30H39N2O5+. The molecule has 0 spiro atoms. The fourth-order valence-electron chi connectivity index (χ4n) is 5.29. The fourth-order valence-corrected chi connectivity index (χ4v) is 5.29. The number of ether oxygens (including phenoxy) is 2. The van der Waals surface area contributed by atoms with Crippen LogP contribution in [0.3, 0.4) is 0 Å². The van der Waals surface area contributed by atoms with E-state index in [-0.39, 0.29) is 11.9 Å². The van der Waals surface area contributed by atoms with Gasteiger partial charge >= 0.3 is 5.97 Å². The number of nitrogens with zero attached hydrogens (tertiary/aromatic N) is 2. The SMILES string of the molecule is COC(=O)c1ccc(OCCC[N+](C)(C)Cc2cnc(C(O)(c3ccccc3)C3CCCCC3)o2)cc1. The van der Waals surface area contributed by atoms with E-state index in [2.05, 4.69) is 19.1 Å². The van der Waals surface area contributed by atoms with Crippen LogP contribution in [0.4, 0.5) is 0 Å². The summed E-state index contributed by atoms with van der Waals surface area (Å²) in [6, 6.07) is 16.8. The van der Waals surface area contributed by atoms with Gasteiger partial charge in [-0.1, -0.05) is 49.6 Å². The molecule has 1 atom stereocenters. The number of aliphatic hydroxyl groups is 1. The summed E-state index contributed by atoms with van der Waals surface area (Å²) in [7, 11) is 5.67. The number of aromatic nitrogens is 1. The van der Waals surface area contributed by atoms with Crippen LogP contribution in [-0.4, -0.2) is 54.9 Å². The first-order valence-electron chi connectivity index (χ1n) is 13.2. The number of hydrogen-bond donors (Lipinski definition) is 1. The normalized spacial score (nSPS) is 16.2. The van der Waals surface area contributed by atoms with Crippen molar-refractivity contribution in [3.8, 4) is 5.75 Å². The first kappa shape index (κ1) is 26.9. The lowest BCUT2D eigenvalue weighted by atomic mass is 9.73. The van der Waals surface area contributed by atoms with Crippen LogP contribution < -0.4 is 4.74 Å². The molecule has 1 heterocycles. The summed E-state index contributed by atoms with van der Waals surface area (Å²) < 4.78 is 17.5. The van der Waals surface area contributed by atoms with Gasteiger partial charge < -0.3 is 23.5 Å². The van der Waals surface area contributed by atoms with Crippen molar-refractivity contribution in [2.75, 3.05) is 34.4 Å². The third-order valence-corrected chi connectivity index (χ3v) is 7.33. The standard InChI is InChI=1S/C30H39N2O5/c1-32(2,19-10-20-36-26-17-15-23(16-18-26)28(33)35-3)22-27-21-31-29(37-27)30(34,24-11-6-4-7-12-24)25-13-8-5-9-14-25/h4,6-7,11-12,15-18,21,25,34H,5,8-10,13-14,19-20,22H2,1-3H3/q+1. The first-order chi connectivity index (χ1) is 17.8. The van der Waals surface area contributed by atoms with E-state index >= 15 is 0 Å². The molecule has 2 aromatic carbocycles. The molecule has 1 aliphatic rings. The number of esters is 1. The molecule has 0 radical (unpaired) electrons. The number of oxazole rings is 1. The Kier molecular flexibility index (Phi) is 8.67. The number of methoxy groups -OCH3 is 1. The highest BCUT2D eigenvalue weighted by Crippen LogP contribution is 2.43. The molecule has 4 rings (SSSR count). The van der Waals surface area contributed by atoms with Gasteiger partial charge in [-0.05, 0) is 42.7 Å². The van der Waals surface area contributed by atoms with E-state index in [0.717, 1.165) is 55.7 Å². The maximum Gasteiger partial charge on any atom is 0.337 e. The highest BCUT2D eigenvalue weighted by Gasteiger charge is 2.44. The predicted octanol–water partition coefficient (Wildman–Crippen LogP) is 5.32. The van der Waals surface area contributed by atoms with Crippen LogP contribution in [0.2, 0.25) is 0 Å². The zero-order valence-electron chi connectivity index (χ0n) is 22.2. The van der Waals surface area contributed by atoms with Gasteiger partial charge in [0.05, 0.1) is 46.1 Å². The second kappa shape index (κ2) is 11.9. The molecule has 0 bridgehead atoms. The second-order valence-electron chi connectivity index (χ2n) is 10.6. The Hall–Kier alpha value is -3.16. The molecule has 1 aliphatic carbocycles. The number of quaternary nitrogens is 1. The number of benzene rings is 2. The average molecular weight is 508 g/mol. The van der Waals surface area contributed by atoms with Gasteiger partial charge in [0.2, 0.25) is 5.89 Å². The maximum atomic E-state index is 12.0. The average Bonchev–Trinajstić information content (AvgIpc) is 3.39. The van der Waals surface area contributed by atoms with Crippen molar-refractivity contribution >= 4 is 5.97 Å². The van der Waals surface area contributed by atoms with Crippen molar-refractivity contribution in [1.29, 1.82) is 0 Å². The van der Waals surface area contributed by atoms with E-state index in [0.29, 0.717) is 29.1 Å². The van der Waals surface area contributed by atoms with Crippen molar-refractivity contribution in [1.82, 2.24) is 4.98 Å². The quantitative estimate of drug-likeness (QED) is 0.215. The van der Waals surface area contributed by atoms with Crippen molar-refractivity contribution in [3.05, 3.63) is 83.6 Å². The lowest BCUT2D eigenvalue weighted by molar-refractivity contribution is -0.904. The molecule has 0 aliphatic heterocycles. The lowest BCUT2D eigenvalue weighted by Crippen LogP contribution is -2.40. The summed E-state index contributed by atoms with van der Waals surface area (Å²) in [5, 5.41) is 12.0. The molecule has 0 saturated heterocycles. The summed E-state index contributed by atoms with van der Waals surface area (Å²) in [6.07, 6.45) is 8.01. The third kappa shape index (κ3) is 6.59. The Morgan fingerprint density at radius 3 is 2.46 bits per heavy atom. The van der Waals surface area contributed by atoms with E-state index in [4.69, 9.17) is 13.9 Å². The van der Waals surface area contributed by atoms with Crippen LogP contribution in [0.1, 0.15) is 66.1 Å². The molecular weight excluding hydrogens is 468 g/mol. The van der Waals surface area contributed by atoms with Crippen molar-refractivity contribution in [2.45, 2.75) is 50.7 Å². The van der Waals surface area contributed by atoms with Gasteiger partial charge in [-0.3, -0.25) is 0 Å². The molecule has 1 aromatic heterocycles. The van der Waals surface area contributed by atoms with Gasteiger partial charge in [0.25, 0.3) is 0 Å². The topological polar surface area (TPSA) is 81.8 Å². The second-order valence-corrected chi connectivity index (χ2v) is 10.6. The fraction of sp³-hybridized carbons (Fsp3) is 0.467. The highest BCUT2D eigenvalue weighted by molar-refractivity contribution is 5.89. The van der Waals surface area contributed by atoms with Gasteiger partial charge in [0.1, 0.15) is 12.3 Å². The molecule has 0 amide bonds. The van der Waals surface area contributed by atoms with Crippen molar-refractivity contribution in [2.24, 2.45) is 5.92 Å². The summed E-state index contributed by atoms with van der Waals surface area (Å²) in [6.45, 7) is 2.11. The molecule has 1 saturated carbocycles. The highest BCUT2D eigenvalue weighted by atomic mass is 16.5. The van der Waals surface area contributed by atoms with Gasteiger partial charge in [0, 0.05) is 12.3 Å². The van der Waals surface area contributed by atoms with E-state index in [1.807, 2.05) is 30.3 Å². The Labute approximate surface area is 219 Å². The predicted molar refractivity (Wildman–Crippen MR) is 141 cm³/mol. The molecule has 7 nitrogen and oxygen atoms in total. The minimum absolute atomic E-state index is 0.0940. The summed E-state index contributed by atoms with van der Waals surface area (Å²) in [5.41, 5.74) is 0.136. The third-order valence-electron chi connectivity index (χ3n) is 7.33. The molecule has 1 fully saturated rings. The molecule has 198 valence electrons. The lowest BCUT2D eigenvalue weighted by Gasteiger charge is -2.36. The first-order valence-corrected chi connectivity index (χ1v) is 13.2. The number of rotatable bonds is 11. The Balaban J connectivity index is 1.36. The summed E-state index contributed by atoms with van der Waals surface area (Å²) in [4.78, 5) is 16.2. The van der Waals surface area contributed by atoms with Gasteiger partial charge in [-0.15, -0.1) is 0 Å². The molecule has 1 unspecified atom stereocenters. The summed E-state index contributed by atoms with van der Waals surface area (Å²) in [5.74, 6) is 1.63. The maximum absolute atomic E-state index is 12.0. The number of carbonyl (C=O) groups is 1. The van der Waals surface area contributed by atoms with Crippen LogP contribution in [-0.2, 0) is 16.9 Å². The molecule has 1 N–H and O–H groups in total. The van der Waals surface area contributed by atoms with Crippen molar-refractivity contribution in [3.63, 3.8) is 0 Å². The smallest absolute Gasteiger partial charge is 0.337 e. The van der Waals surface area contributed by atoms with Crippen LogP contribution in [0.25, 0.3) is 0 Å². The minimum Gasteiger partial charge on any atom is -0.493 e. The number of hydrogen-bond acceptors (Lipinski definition) is 6. The van der Waals surface area contributed by atoms with Crippen LogP contribution in [0, 0.1) is 5.92 Å². The molecule has 7 heteroatoms. The molecule has 37 heavy (non-hydrogen) atoms. The summed E-state index contributed by atoms with van der Waals surface area (Å²) >= 11 is 0. The van der Waals surface area contributed by atoms with E-state index in [1.165, 1.54) is 13.5 Å². The van der Waals surface area contributed by atoms with Crippen molar-refractivity contribution < 1.29 is 28.3 Å². The monoisotopic (exact) mass is 507 g/mol. The zero-order valence-corrected chi connectivity index (χ0v) is 22.2. The zero-order chi connectivity index (χ0) is 26.3.